The number of hydrogen-bond donors (Lipinski definition) is 2. The Labute approximate surface area is 125 Å². The molecule has 2 rings (SSSR count). The molecule has 0 saturated heterocycles. The SMILES string of the molecule is Cc1ccc(Cl)cc1NC(C)CCc1ccc(O)cc1. The maximum atomic E-state index is 9.26. The van der Waals surface area contributed by atoms with Crippen molar-refractivity contribution in [1.82, 2.24) is 0 Å². The number of phenols is 1. The van der Waals surface area contributed by atoms with Crippen molar-refractivity contribution in [2.75, 3.05) is 5.32 Å². The van der Waals surface area contributed by atoms with E-state index in [9.17, 15) is 5.11 Å². The molecule has 106 valence electrons. The minimum Gasteiger partial charge on any atom is -0.508 e. The Balaban J connectivity index is 1.90. The van der Waals surface area contributed by atoms with Crippen LogP contribution in [0.3, 0.4) is 0 Å². The van der Waals surface area contributed by atoms with E-state index >= 15 is 0 Å². The van der Waals surface area contributed by atoms with Gasteiger partial charge >= 0.3 is 0 Å². The molecule has 0 aliphatic rings. The van der Waals surface area contributed by atoms with Crippen LogP contribution in [0.2, 0.25) is 5.02 Å². The largest absolute Gasteiger partial charge is 0.508 e. The first-order chi connectivity index (χ1) is 9.54. The van der Waals surface area contributed by atoms with Crippen molar-refractivity contribution in [1.29, 1.82) is 0 Å². The lowest BCUT2D eigenvalue weighted by Gasteiger charge is -2.17. The molecule has 1 atom stereocenters. The number of nitrogens with one attached hydrogen (secondary N) is 1. The van der Waals surface area contributed by atoms with Gasteiger partial charge in [0.15, 0.2) is 0 Å². The van der Waals surface area contributed by atoms with Crippen LogP contribution in [-0.4, -0.2) is 11.1 Å². The zero-order chi connectivity index (χ0) is 14.5. The van der Waals surface area contributed by atoms with Crippen molar-refractivity contribution in [3.63, 3.8) is 0 Å². The van der Waals surface area contributed by atoms with Crippen molar-refractivity contribution in [2.45, 2.75) is 32.7 Å². The molecule has 2 N–H and O–H groups in total. The quantitative estimate of drug-likeness (QED) is 0.829. The molecule has 0 saturated carbocycles. The van der Waals surface area contributed by atoms with E-state index in [0.717, 1.165) is 23.6 Å². The minimum atomic E-state index is 0.314. The molecule has 1 unspecified atom stereocenters. The lowest BCUT2D eigenvalue weighted by Crippen LogP contribution is -2.16. The molecule has 0 fully saturated rings. The van der Waals surface area contributed by atoms with Crippen molar-refractivity contribution >= 4 is 17.3 Å². The summed E-state index contributed by atoms with van der Waals surface area (Å²) in [6, 6.07) is 13.7. The number of hydrogen-bond acceptors (Lipinski definition) is 2. The van der Waals surface area contributed by atoms with Crippen molar-refractivity contribution in [2.24, 2.45) is 0 Å². The van der Waals surface area contributed by atoms with Gasteiger partial charge in [-0.1, -0.05) is 29.8 Å². The molecule has 2 aromatic carbocycles. The second-order valence-corrected chi connectivity index (χ2v) is 5.65. The standard InChI is InChI=1S/C17H20ClNO/c1-12-3-8-15(18)11-17(12)19-13(2)4-5-14-6-9-16(20)10-7-14/h3,6-11,13,19-20H,4-5H2,1-2H3. The Morgan fingerprint density at radius 3 is 2.55 bits per heavy atom. The van der Waals surface area contributed by atoms with E-state index in [1.165, 1.54) is 11.1 Å². The van der Waals surface area contributed by atoms with Gasteiger partial charge in [0.25, 0.3) is 0 Å². The van der Waals surface area contributed by atoms with Gasteiger partial charge in [-0.15, -0.1) is 0 Å². The summed E-state index contributed by atoms with van der Waals surface area (Å²) in [6.45, 7) is 4.24. The van der Waals surface area contributed by atoms with E-state index in [-0.39, 0.29) is 0 Å². The highest BCUT2D eigenvalue weighted by atomic mass is 35.5. The fourth-order valence-corrected chi connectivity index (χ4v) is 2.31. The molecule has 2 aromatic rings. The first-order valence-corrected chi connectivity index (χ1v) is 7.23. The van der Waals surface area contributed by atoms with Gasteiger partial charge in [-0.2, -0.15) is 0 Å². The van der Waals surface area contributed by atoms with Crippen molar-refractivity contribution in [3.8, 4) is 5.75 Å². The fraction of sp³-hybridized carbons (Fsp3) is 0.294. The van der Waals surface area contributed by atoms with Crippen molar-refractivity contribution in [3.05, 3.63) is 58.6 Å². The molecule has 20 heavy (non-hydrogen) atoms. The molecule has 0 spiro atoms. The average Bonchev–Trinajstić information content (AvgIpc) is 2.42. The van der Waals surface area contributed by atoms with Gasteiger partial charge in [-0.05, 0) is 62.1 Å². The predicted molar refractivity (Wildman–Crippen MR) is 85.7 cm³/mol. The number of anilines is 1. The topological polar surface area (TPSA) is 32.3 Å². The van der Waals surface area contributed by atoms with Crippen LogP contribution < -0.4 is 5.32 Å². The van der Waals surface area contributed by atoms with Gasteiger partial charge < -0.3 is 10.4 Å². The molecule has 3 heteroatoms. The molecule has 2 nitrogen and oxygen atoms in total. The van der Waals surface area contributed by atoms with Crippen LogP contribution in [0.25, 0.3) is 0 Å². The van der Waals surface area contributed by atoms with Gasteiger partial charge in [0.1, 0.15) is 5.75 Å². The third kappa shape index (κ3) is 4.17. The Morgan fingerprint density at radius 1 is 1.15 bits per heavy atom. The average molecular weight is 290 g/mol. The number of halogens is 1. The van der Waals surface area contributed by atoms with Crippen LogP contribution in [0.1, 0.15) is 24.5 Å². The maximum absolute atomic E-state index is 9.26. The van der Waals surface area contributed by atoms with Crippen LogP contribution in [0.4, 0.5) is 5.69 Å². The van der Waals surface area contributed by atoms with Crippen LogP contribution >= 0.6 is 11.6 Å². The van der Waals surface area contributed by atoms with Crippen LogP contribution in [0.15, 0.2) is 42.5 Å². The summed E-state index contributed by atoms with van der Waals surface area (Å²) >= 11 is 6.02. The summed E-state index contributed by atoms with van der Waals surface area (Å²) in [4.78, 5) is 0. The molecule has 0 radical (unpaired) electrons. The molecule has 0 bridgehead atoms. The van der Waals surface area contributed by atoms with Crippen molar-refractivity contribution < 1.29 is 5.11 Å². The Hall–Kier alpha value is -1.67. The van der Waals surface area contributed by atoms with Crippen LogP contribution in [-0.2, 0) is 6.42 Å². The Morgan fingerprint density at radius 2 is 1.85 bits per heavy atom. The predicted octanol–water partition coefficient (Wildman–Crippen LogP) is 4.79. The summed E-state index contributed by atoms with van der Waals surface area (Å²) in [5.41, 5.74) is 3.53. The minimum absolute atomic E-state index is 0.314. The summed E-state index contributed by atoms with van der Waals surface area (Å²) in [7, 11) is 0. The molecule has 0 heterocycles. The monoisotopic (exact) mass is 289 g/mol. The number of aryl methyl sites for hydroxylation is 2. The zero-order valence-corrected chi connectivity index (χ0v) is 12.6. The summed E-state index contributed by atoms with van der Waals surface area (Å²) in [5, 5.41) is 13.5. The lowest BCUT2D eigenvalue weighted by atomic mass is 10.1. The number of rotatable bonds is 5. The molecule has 0 aromatic heterocycles. The van der Waals surface area contributed by atoms with Gasteiger partial charge in [-0.25, -0.2) is 0 Å². The molecular weight excluding hydrogens is 270 g/mol. The van der Waals surface area contributed by atoms with Gasteiger partial charge in [-0.3, -0.25) is 0 Å². The van der Waals surface area contributed by atoms with Gasteiger partial charge in [0, 0.05) is 16.8 Å². The smallest absolute Gasteiger partial charge is 0.115 e. The number of phenolic OH excluding ortho intramolecular Hbond substituents is 1. The highest BCUT2D eigenvalue weighted by molar-refractivity contribution is 6.30. The summed E-state index contributed by atoms with van der Waals surface area (Å²) in [5.74, 6) is 0.314. The second-order valence-electron chi connectivity index (χ2n) is 5.21. The molecule has 0 aliphatic carbocycles. The maximum Gasteiger partial charge on any atom is 0.115 e. The number of aromatic hydroxyl groups is 1. The summed E-state index contributed by atoms with van der Waals surface area (Å²) < 4.78 is 0. The zero-order valence-electron chi connectivity index (χ0n) is 11.9. The highest BCUT2D eigenvalue weighted by Gasteiger charge is 2.05. The Bertz CT molecular complexity index is 566. The fourth-order valence-electron chi connectivity index (χ4n) is 2.13. The summed E-state index contributed by atoms with van der Waals surface area (Å²) in [6.07, 6.45) is 2.00. The normalized spacial score (nSPS) is 12.2. The molecule has 0 aliphatic heterocycles. The third-order valence-corrected chi connectivity index (χ3v) is 3.64. The first-order valence-electron chi connectivity index (χ1n) is 6.85. The number of benzene rings is 2. The highest BCUT2D eigenvalue weighted by Crippen LogP contribution is 2.22. The van der Waals surface area contributed by atoms with Gasteiger partial charge in [0.05, 0.1) is 0 Å². The van der Waals surface area contributed by atoms with E-state index < -0.39 is 0 Å². The van der Waals surface area contributed by atoms with E-state index in [4.69, 9.17) is 11.6 Å². The van der Waals surface area contributed by atoms with E-state index in [0.29, 0.717) is 11.8 Å². The van der Waals surface area contributed by atoms with E-state index in [1.54, 1.807) is 12.1 Å². The van der Waals surface area contributed by atoms with Crippen LogP contribution in [0, 0.1) is 6.92 Å². The first kappa shape index (κ1) is 14.7. The molecule has 0 amide bonds. The van der Waals surface area contributed by atoms with Gasteiger partial charge in [0.2, 0.25) is 0 Å². The van der Waals surface area contributed by atoms with E-state index in [2.05, 4.69) is 19.2 Å². The Kier molecular flexibility index (Phi) is 4.91. The second kappa shape index (κ2) is 6.67. The third-order valence-electron chi connectivity index (χ3n) is 3.40. The van der Waals surface area contributed by atoms with E-state index in [1.807, 2.05) is 30.3 Å². The van der Waals surface area contributed by atoms with Crippen LogP contribution in [0.5, 0.6) is 5.75 Å². The lowest BCUT2D eigenvalue weighted by molar-refractivity contribution is 0.475. The molecular formula is C17H20ClNO.